The second-order valence-corrected chi connectivity index (χ2v) is 6.62. The number of anilines is 2. The van der Waals surface area contributed by atoms with Crippen molar-refractivity contribution in [1.82, 2.24) is 15.2 Å². The molecule has 0 aromatic carbocycles. The summed E-state index contributed by atoms with van der Waals surface area (Å²) in [7, 11) is 2.14. The van der Waals surface area contributed by atoms with E-state index in [1.54, 1.807) is 0 Å². The molecular weight excluding hydrogens is 286 g/mol. The molecule has 21 heavy (non-hydrogen) atoms. The molecule has 0 saturated carbocycles. The Balaban J connectivity index is 1.84. The first-order chi connectivity index (χ1) is 10.1. The van der Waals surface area contributed by atoms with E-state index in [9.17, 15) is 4.79 Å². The van der Waals surface area contributed by atoms with Crippen molar-refractivity contribution in [3.05, 3.63) is 4.88 Å². The SMILES string of the molecule is CCCNc1nc(N)c(C(=O)NCC2CCN(C)CC2)s1. The first-order valence-electron chi connectivity index (χ1n) is 7.57. The number of nitrogens with zero attached hydrogens (tertiary/aromatic N) is 2. The zero-order valence-corrected chi connectivity index (χ0v) is 13.6. The van der Waals surface area contributed by atoms with Crippen molar-refractivity contribution in [3.63, 3.8) is 0 Å². The average molecular weight is 311 g/mol. The fourth-order valence-electron chi connectivity index (χ4n) is 2.39. The van der Waals surface area contributed by atoms with Gasteiger partial charge >= 0.3 is 0 Å². The van der Waals surface area contributed by atoms with E-state index in [0.29, 0.717) is 16.6 Å². The molecule has 0 aliphatic carbocycles. The third-order valence-electron chi connectivity index (χ3n) is 3.78. The Morgan fingerprint density at radius 1 is 1.48 bits per heavy atom. The quantitative estimate of drug-likeness (QED) is 0.743. The van der Waals surface area contributed by atoms with Crippen molar-refractivity contribution in [2.45, 2.75) is 26.2 Å². The van der Waals surface area contributed by atoms with E-state index in [1.165, 1.54) is 11.3 Å². The maximum absolute atomic E-state index is 12.2. The summed E-state index contributed by atoms with van der Waals surface area (Å²) in [6.45, 7) is 5.85. The monoisotopic (exact) mass is 311 g/mol. The Bertz CT molecular complexity index is 468. The summed E-state index contributed by atoms with van der Waals surface area (Å²) in [6, 6.07) is 0. The molecule has 0 bridgehead atoms. The Kier molecular flexibility index (Phi) is 5.81. The minimum atomic E-state index is -0.103. The van der Waals surface area contributed by atoms with E-state index in [0.717, 1.165) is 50.6 Å². The Morgan fingerprint density at radius 2 is 2.19 bits per heavy atom. The number of aromatic nitrogens is 1. The highest BCUT2D eigenvalue weighted by Gasteiger charge is 2.20. The number of nitrogen functional groups attached to an aromatic ring is 1. The largest absolute Gasteiger partial charge is 0.382 e. The number of piperidine rings is 1. The normalized spacial score (nSPS) is 16.9. The highest BCUT2D eigenvalue weighted by atomic mass is 32.1. The first kappa shape index (κ1) is 16.0. The first-order valence-corrected chi connectivity index (χ1v) is 8.38. The van der Waals surface area contributed by atoms with Gasteiger partial charge in [0.05, 0.1) is 0 Å². The van der Waals surface area contributed by atoms with Crippen molar-refractivity contribution in [2.75, 3.05) is 44.3 Å². The molecular formula is C14H25N5OS. The van der Waals surface area contributed by atoms with E-state index in [4.69, 9.17) is 5.73 Å². The molecule has 1 aromatic rings. The number of nitrogens with two attached hydrogens (primary N) is 1. The third kappa shape index (κ3) is 4.57. The van der Waals surface area contributed by atoms with Crippen LogP contribution in [0.15, 0.2) is 0 Å². The number of carbonyl (C=O) groups excluding carboxylic acids is 1. The minimum Gasteiger partial charge on any atom is -0.382 e. The van der Waals surface area contributed by atoms with Crippen molar-refractivity contribution < 1.29 is 4.79 Å². The van der Waals surface area contributed by atoms with Crippen LogP contribution in [0.1, 0.15) is 35.9 Å². The average Bonchev–Trinajstić information content (AvgIpc) is 2.85. The van der Waals surface area contributed by atoms with Gasteiger partial charge in [0.2, 0.25) is 0 Å². The Labute approximate surface area is 130 Å². The van der Waals surface area contributed by atoms with Crippen molar-refractivity contribution in [1.29, 1.82) is 0 Å². The van der Waals surface area contributed by atoms with Crippen molar-refractivity contribution in [3.8, 4) is 0 Å². The van der Waals surface area contributed by atoms with Gasteiger partial charge in [-0.3, -0.25) is 4.79 Å². The van der Waals surface area contributed by atoms with E-state index in [2.05, 4.69) is 34.5 Å². The van der Waals surface area contributed by atoms with Crippen LogP contribution in [0.4, 0.5) is 10.9 Å². The molecule has 2 rings (SSSR count). The lowest BCUT2D eigenvalue weighted by Gasteiger charge is -2.28. The minimum absolute atomic E-state index is 0.103. The number of likely N-dealkylation sites (tertiary alicyclic amines) is 1. The molecule has 0 spiro atoms. The van der Waals surface area contributed by atoms with Crippen LogP contribution in [0.2, 0.25) is 0 Å². The van der Waals surface area contributed by atoms with E-state index >= 15 is 0 Å². The number of hydrogen-bond acceptors (Lipinski definition) is 6. The number of thiazole rings is 1. The predicted molar refractivity (Wildman–Crippen MR) is 87.9 cm³/mol. The van der Waals surface area contributed by atoms with Crippen LogP contribution in [0, 0.1) is 5.92 Å². The topological polar surface area (TPSA) is 83.3 Å². The lowest BCUT2D eigenvalue weighted by atomic mass is 9.97. The summed E-state index contributed by atoms with van der Waals surface area (Å²) >= 11 is 1.33. The summed E-state index contributed by atoms with van der Waals surface area (Å²) in [5.41, 5.74) is 5.83. The van der Waals surface area contributed by atoms with Crippen LogP contribution in [0.5, 0.6) is 0 Å². The standard InChI is InChI=1S/C14H25N5OS/c1-3-6-16-14-18-12(15)11(21-14)13(20)17-9-10-4-7-19(2)8-5-10/h10H,3-9,15H2,1-2H3,(H,16,18)(H,17,20). The van der Waals surface area contributed by atoms with Gasteiger partial charge in [-0.25, -0.2) is 4.98 Å². The zero-order chi connectivity index (χ0) is 15.2. The molecule has 0 unspecified atom stereocenters. The molecule has 2 heterocycles. The fraction of sp³-hybridized carbons (Fsp3) is 0.714. The van der Waals surface area contributed by atoms with Gasteiger partial charge in [-0.15, -0.1) is 0 Å². The van der Waals surface area contributed by atoms with Gasteiger partial charge in [-0.05, 0) is 45.3 Å². The van der Waals surface area contributed by atoms with Crippen molar-refractivity contribution >= 4 is 28.2 Å². The van der Waals surface area contributed by atoms with Gasteiger partial charge < -0.3 is 21.3 Å². The van der Waals surface area contributed by atoms with Gasteiger partial charge in [-0.1, -0.05) is 18.3 Å². The molecule has 1 aromatic heterocycles. The third-order valence-corrected chi connectivity index (χ3v) is 4.80. The van der Waals surface area contributed by atoms with E-state index in [-0.39, 0.29) is 5.91 Å². The molecule has 0 radical (unpaired) electrons. The maximum atomic E-state index is 12.2. The van der Waals surface area contributed by atoms with Gasteiger partial charge in [0.25, 0.3) is 5.91 Å². The second kappa shape index (κ2) is 7.61. The van der Waals surface area contributed by atoms with Crippen LogP contribution in [0.3, 0.4) is 0 Å². The summed E-state index contributed by atoms with van der Waals surface area (Å²) in [5, 5.41) is 6.88. The number of nitrogens with one attached hydrogen (secondary N) is 2. The fourth-order valence-corrected chi connectivity index (χ4v) is 3.21. The number of rotatable bonds is 6. The highest BCUT2D eigenvalue weighted by Crippen LogP contribution is 2.25. The summed E-state index contributed by atoms with van der Waals surface area (Å²) in [6.07, 6.45) is 3.29. The number of carbonyl (C=O) groups is 1. The molecule has 118 valence electrons. The molecule has 1 saturated heterocycles. The molecule has 4 N–H and O–H groups in total. The smallest absolute Gasteiger partial charge is 0.265 e. The molecule has 0 atom stereocenters. The predicted octanol–water partition coefficient (Wildman–Crippen LogP) is 1.62. The van der Waals surface area contributed by atoms with Gasteiger partial charge in [0.15, 0.2) is 5.13 Å². The zero-order valence-electron chi connectivity index (χ0n) is 12.8. The molecule has 6 nitrogen and oxygen atoms in total. The van der Waals surface area contributed by atoms with Crippen LogP contribution in [-0.2, 0) is 0 Å². The molecule has 1 aliphatic rings. The van der Waals surface area contributed by atoms with Crippen LogP contribution < -0.4 is 16.4 Å². The van der Waals surface area contributed by atoms with E-state index in [1.807, 2.05) is 0 Å². The molecule has 7 heteroatoms. The lowest BCUT2D eigenvalue weighted by Crippen LogP contribution is -2.36. The lowest BCUT2D eigenvalue weighted by molar-refractivity contribution is 0.0944. The summed E-state index contributed by atoms with van der Waals surface area (Å²) in [5.74, 6) is 0.782. The second-order valence-electron chi connectivity index (χ2n) is 5.62. The number of hydrogen-bond donors (Lipinski definition) is 3. The van der Waals surface area contributed by atoms with Crippen LogP contribution >= 0.6 is 11.3 Å². The van der Waals surface area contributed by atoms with Crippen LogP contribution in [-0.4, -0.2) is 49.0 Å². The molecule has 1 fully saturated rings. The van der Waals surface area contributed by atoms with Crippen LogP contribution in [0.25, 0.3) is 0 Å². The number of amides is 1. The highest BCUT2D eigenvalue weighted by molar-refractivity contribution is 7.18. The Morgan fingerprint density at radius 3 is 2.86 bits per heavy atom. The van der Waals surface area contributed by atoms with Gasteiger partial charge in [-0.2, -0.15) is 0 Å². The van der Waals surface area contributed by atoms with Gasteiger partial charge in [0, 0.05) is 13.1 Å². The molecule has 1 amide bonds. The van der Waals surface area contributed by atoms with E-state index < -0.39 is 0 Å². The maximum Gasteiger partial charge on any atom is 0.265 e. The molecule has 1 aliphatic heterocycles. The Hall–Kier alpha value is -1.34. The summed E-state index contributed by atoms with van der Waals surface area (Å²) in [4.78, 5) is 19.2. The van der Waals surface area contributed by atoms with Gasteiger partial charge in [0.1, 0.15) is 10.7 Å². The summed E-state index contributed by atoms with van der Waals surface area (Å²) < 4.78 is 0. The van der Waals surface area contributed by atoms with Crippen molar-refractivity contribution in [2.24, 2.45) is 5.92 Å².